The largest absolute Gasteiger partial charge is 0.0654 e. The second-order valence-electron chi connectivity index (χ2n) is 4.20. The summed E-state index contributed by atoms with van der Waals surface area (Å²) in [5.41, 5.74) is 0. The zero-order valence-electron chi connectivity index (χ0n) is 10.7. The Morgan fingerprint density at radius 1 is 0.533 bits per heavy atom. The van der Waals surface area contributed by atoms with Gasteiger partial charge in [-0.2, -0.15) is 0 Å². The van der Waals surface area contributed by atoms with E-state index in [1.807, 2.05) is 0 Å². The fourth-order valence-electron chi connectivity index (χ4n) is 1.51. The lowest BCUT2D eigenvalue weighted by atomic mass is 10.1. The van der Waals surface area contributed by atoms with E-state index in [-0.39, 0.29) is 0 Å². The fraction of sp³-hybridized carbons (Fsp3) is 1.00. The normalized spacial score (nSPS) is 12.4. The van der Waals surface area contributed by atoms with E-state index in [9.17, 15) is 0 Å². The molecule has 0 saturated carbocycles. The van der Waals surface area contributed by atoms with Crippen molar-refractivity contribution in [3.8, 4) is 0 Å². The van der Waals surface area contributed by atoms with E-state index in [4.69, 9.17) is 0 Å². The van der Waals surface area contributed by atoms with Crippen molar-refractivity contribution in [2.45, 2.75) is 71.6 Å². The molecule has 2 radical (unpaired) electrons. The second-order valence-corrected chi connectivity index (χ2v) is 7.36. The predicted octanol–water partition coefficient (Wildman–Crippen LogP) is 6.34. The lowest BCUT2D eigenvalue weighted by molar-refractivity contribution is 0.603. The van der Waals surface area contributed by atoms with E-state index in [2.05, 4.69) is 13.8 Å². The molecule has 0 nitrogen and oxygen atoms in total. The molecule has 0 aromatic rings. The highest BCUT2D eigenvalue weighted by molar-refractivity contribution is 8.11. The van der Waals surface area contributed by atoms with Crippen molar-refractivity contribution in [2.75, 3.05) is 12.3 Å². The second kappa shape index (κ2) is 14.9. The Morgan fingerprint density at radius 3 is 1.60 bits per heavy atom. The fourth-order valence-corrected chi connectivity index (χ4v) is 4.31. The van der Waals surface area contributed by atoms with Gasteiger partial charge in [0.05, 0.1) is 0 Å². The summed E-state index contributed by atoms with van der Waals surface area (Å²) in [6.45, 7) is 4.57. The lowest BCUT2D eigenvalue weighted by Gasteiger charge is -2.01. The van der Waals surface area contributed by atoms with E-state index in [1.54, 1.807) is 16.5 Å². The van der Waals surface area contributed by atoms with Gasteiger partial charge in [-0.25, -0.2) is 0 Å². The van der Waals surface area contributed by atoms with Crippen LogP contribution in [0.5, 0.6) is 0 Å². The molecule has 2 heteroatoms. The van der Waals surface area contributed by atoms with Crippen LogP contribution in [0, 0.1) is 0 Å². The molecule has 0 N–H and O–H groups in total. The Kier molecular flexibility index (Phi) is 15.7. The third kappa shape index (κ3) is 14.9. The molecule has 0 aromatic heterocycles. The van der Waals surface area contributed by atoms with Crippen molar-refractivity contribution in [1.82, 2.24) is 0 Å². The molecule has 0 bridgehead atoms. The van der Waals surface area contributed by atoms with E-state index in [0.29, 0.717) is 0 Å². The highest BCUT2D eigenvalue weighted by atomic mass is 32.0. The van der Waals surface area contributed by atoms with E-state index in [1.165, 1.54) is 70.1 Å². The summed E-state index contributed by atoms with van der Waals surface area (Å²) < 4.78 is 0. The minimum absolute atomic E-state index is 1.36. The van der Waals surface area contributed by atoms with Crippen LogP contribution < -0.4 is 0 Å². The van der Waals surface area contributed by atoms with Crippen molar-refractivity contribution in [1.29, 1.82) is 0 Å². The zero-order chi connectivity index (χ0) is 11.2. The molecule has 0 atom stereocenters. The maximum Gasteiger partial charge on any atom is -0.0242 e. The van der Waals surface area contributed by atoms with Crippen LogP contribution in [0.1, 0.15) is 71.6 Å². The first kappa shape index (κ1) is 15.9. The summed E-state index contributed by atoms with van der Waals surface area (Å²) in [7, 11) is 3.35. The Bertz CT molecular complexity index is 92.7. The van der Waals surface area contributed by atoms with Crippen molar-refractivity contribution in [2.24, 2.45) is 0 Å². The van der Waals surface area contributed by atoms with Crippen molar-refractivity contribution in [3.63, 3.8) is 0 Å². The first-order chi connectivity index (χ1) is 7.41. The van der Waals surface area contributed by atoms with Gasteiger partial charge in [0, 0.05) is 0 Å². The summed E-state index contributed by atoms with van der Waals surface area (Å²) in [6, 6.07) is 0. The van der Waals surface area contributed by atoms with Crippen LogP contribution in [0.15, 0.2) is 0 Å². The summed E-state index contributed by atoms with van der Waals surface area (Å²) >= 11 is 0. The first-order valence-electron chi connectivity index (χ1n) is 6.75. The van der Waals surface area contributed by atoms with Crippen LogP contribution in [-0.4, -0.2) is 12.3 Å². The molecule has 15 heavy (non-hydrogen) atoms. The van der Waals surface area contributed by atoms with Crippen LogP contribution in [0.2, 0.25) is 0 Å². The molecular formula is C13H28P2. The van der Waals surface area contributed by atoms with Gasteiger partial charge in [0.1, 0.15) is 0 Å². The third-order valence-corrected chi connectivity index (χ3v) is 5.61. The maximum absolute atomic E-state index is 2.29. The third-order valence-electron chi connectivity index (χ3n) is 2.57. The highest BCUT2D eigenvalue weighted by Crippen LogP contribution is 2.38. The lowest BCUT2D eigenvalue weighted by Crippen LogP contribution is -1.80. The minimum atomic E-state index is 1.36. The van der Waals surface area contributed by atoms with Gasteiger partial charge in [-0.1, -0.05) is 58.8 Å². The van der Waals surface area contributed by atoms with Gasteiger partial charge in [-0.3, -0.25) is 0 Å². The Morgan fingerprint density at radius 2 is 1.00 bits per heavy atom. The summed E-state index contributed by atoms with van der Waals surface area (Å²) in [6.07, 6.45) is 15.8. The summed E-state index contributed by atoms with van der Waals surface area (Å²) in [5.74, 6) is 0. The molecule has 0 heterocycles. The summed E-state index contributed by atoms with van der Waals surface area (Å²) in [4.78, 5) is 0. The quantitative estimate of drug-likeness (QED) is 0.278. The predicted molar refractivity (Wildman–Crippen MR) is 76.5 cm³/mol. The van der Waals surface area contributed by atoms with Crippen molar-refractivity contribution >= 4 is 16.5 Å². The van der Waals surface area contributed by atoms with E-state index in [0.717, 1.165) is 0 Å². The molecule has 0 aromatic carbocycles. The number of rotatable bonds is 12. The van der Waals surface area contributed by atoms with Gasteiger partial charge in [-0.15, -0.1) is 0 Å². The van der Waals surface area contributed by atoms with Crippen LogP contribution >= 0.6 is 16.5 Å². The van der Waals surface area contributed by atoms with Crippen LogP contribution in [0.4, 0.5) is 0 Å². The van der Waals surface area contributed by atoms with Crippen molar-refractivity contribution in [3.05, 3.63) is 0 Å². The molecule has 0 aliphatic carbocycles. The summed E-state index contributed by atoms with van der Waals surface area (Å²) in [5, 5.41) is 0. The zero-order valence-corrected chi connectivity index (χ0v) is 12.5. The molecule has 90 valence electrons. The molecule has 0 aliphatic heterocycles. The first-order valence-corrected chi connectivity index (χ1v) is 9.61. The molecule has 0 unspecified atom stereocenters. The van der Waals surface area contributed by atoms with Crippen LogP contribution in [0.3, 0.4) is 0 Å². The molecule has 0 amide bonds. The van der Waals surface area contributed by atoms with E-state index >= 15 is 0 Å². The average molecular weight is 246 g/mol. The Hall–Kier alpha value is 0.860. The number of hydrogen-bond donors (Lipinski definition) is 0. The van der Waals surface area contributed by atoms with Gasteiger partial charge < -0.3 is 0 Å². The molecule has 0 fully saturated rings. The molecule has 0 saturated heterocycles. The molecule has 0 rings (SSSR count). The molecular weight excluding hydrogens is 218 g/mol. The van der Waals surface area contributed by atoms with Gasteiger partial charge >= 0.3 is 0 Å². The van der Waals surface area contributed by atoms with Crippen LogP contribution in [-0.2, 0) is 0 Å². The van der Waals surface area contributed by atoms with Gasteiger partial charge in [0.2, 0.25) is 0 Å². The molecule has 0 aliphatic rings. The minimum Gasteiger partial charge on any atom is -0.0654 e. The highest BCUT2D eigenvalue weighted by Gasteiger charge is 1.93. The number of unbranched alkanes of at least 4 members (excludes halogenated alkanes) is 7. The topological polar surface area (TPSA) is 0 Å². The average Bonchev–Trinajstić information content (AvgIpc) is 2.26. The number of hydrogen-bond acceptors (Lipinski definition) is 0. The van der Waals surface area contributed by atoms with Crippen LogP contribution in [0.25, 0.3) is 0 Å². The Balaban J connectivity index is 2.81. The maximum atomic E-state index is 2.29. The van der Waals surface area contributed by atoms with Crippen molar-refractivity contribution < 1.29 is 0 Å². The van der Waals surface area contributed by atoms with E-state index < -0.39 is 0 Å². The smallest absolute Gasteiger partial charge is 0.0242 e. The SMILES string of the molecule is CCCCCCCCC[P][P]CCCC. The molecule has 0 spiro atoms. The Labute approximate surface area is 101 Å². The van der Waals surface area contributed by atoms with Gasteiger partial charge in [0.15, 0.2) is 0 Å². The van der Waals surface area contributed by atoms with Gasteiger partial charge in [0.25, 0.3) is 0 Å². The van der Waals surface area contributed by atoms with Gasteiger partial charge in [-0.05, 0) is 41.7 Å². The standard InChI is InChI=1S/C13H28P2/c1-3-5-7-8-9-10-11-13-15-14-12-6-4-2/h3-13H2,1-2H3. The monoisotopic (exact) mass is 246 g/mol.